The topological polar surface area (TPSA) is 54.0 Å². The van der Waals surface area contributed by atoms with Crippen LogP contribution in [0.4, 0.5) is 5.69 Å². The highest BCUT2D eigenvalue weighted by atomic mass is 16.1. The van der Waals surface area contributed by atoms with E-state index in [0.717, 1.165) is 24.2 Å². The van der Waals surface area contributed by atoms with E-state index < -0.39 is 0 Å². The number of benzene rings is 2. The number of pyridine rings is 1. The Balaban J connectivity index is 1.52. The number of anilines is 1. The van der Waals surface area contributed by atoms with E-state index in [2.05, 4.69) is 27.8 Å². The largest absolute Gasteiger partial charge is 0.383 e. The summed E-state index contributed by atoms with van der Waals surface area (Å²) >= 11 is 0. The maximum atomic E-state index is 12.4. The first kappa shape index (κ1) is 17.7. The molecule has 0 saturated heterocycles. The van der Waals surface area contributed by atoms with Gasteiger partial charge in [0.25, 0.3) is 5.91 Å². The second kappa shape index (κ2) is 8.81. The third-order valence-electron chi connectivity index (χ3n) is 4.16. The van der Waals surface area contributed by atoms with Crippen LogP contribution in [0.2, 0.25) is 0 Å². The molecule has 0 spiro atoms. The zero-order chi connectivity index (χ0) is 18.2. The van der Waals surface area contributed by atoms with E-state index in [0.29, 0.717) is 12.1 Å². The second-order valence-electron chi connectivity index (χ2n) is 6.29. The number of aryl methyl sites for hydroxylation is 1. The molecule has 1 amide bonds. The molecule has 3 aromatic rings. The molecule has 1 heterocycles. The van der Waals surface area contributed by atoms with Crippen LogP contribution in [0.1, 0.15) is 27.0 Å². The monoisotopic (exact) mass is 345 g/mol. The van der Waals surface area contributed by atoms with Crippen molar-refractivity contribution >= 4 is 11.6 Å². The summed E-state index contributed by atoms with van der Waals surface area (Å²) < 4.78 is 0. The molecular formula is C22H23N3O. The van der Waals surface area contributed by atoms with Crippen LogP contribution in [0.3, 0.4) is 0 Å². The van der Waals surface area contributed by atoms with Gasteiger partial charge in [0.1, 0.15) is 0 Å². The SMILES string of the molecule is Cc1ccc(CNC(=O)c2cncc(NCCc3ccccc3)c2)cc1. The first-order valence-corrected chi connectivity index (χ1v) is 8.77. The third kappa shape index (κ3) is 5.18. The highest BCUT2D eigenvalue weighted by Crippen LogP contribution is 2.10. The summed E-state index contributed by atoms with van der Waals surface area (Å²) in [5.41, 5.74) is 4.97. The van der Waals surface area contributed by atoms with E-state index in [1.165, 1.54) is 11.1 Å². The Bertz CT molecular complexity index is 845. The van der Waals surface area contributed by atoms with Crippen LogP contribution in [-0.2, 0) is 13.0 Å². The lowest BCUT2D eigenvalue weighted by atomic mass is 10.1. The van der Waals surface area contributed by atoms with Crippen LogP contribution in [0.25, 0.3) is 0 Å². The minimum atomic E-state index is -0.121. The van der Waals surface area contributed by atoms with E-state index in [1.54, 1.807) is 12.4 Å². The quantitative estimate of drug-likeness (QED) is 0.681. The average Bonchev–Trinajstić information content (AvgIpc) is 2.68. The number of amides is 1. The van der Waals surface area contributed by atoms with Gasteiger partial charge in [-0.1, -0.05) is 60.2 Å². The number of nitrogens with zero attached hydrogens (tertiary/aromatic N) is 1. The van der Waals surface area contributed by atoms with Gasteiger partial charge in [-0.05, 0) is 30.5 Å². The van der Waals surface area contributed by atoms with Crippen LogP contribution in [0.15, 0.2) is 73.1 Å². The molecule has 0 unspecified atom stereocenters. The van der Waals surface area contributed by atoms with E-state index in [1.807, 2.05) is 55.5 Å². The Morgan fingerprint density at radius 3 is 2.50 bits per heavy atom. The maximum Gasteiger partial charge on any atom is 0.253 e. The number of hydrogen-bond acceptors (Lipinski definition) is 3. The molecule has 0 radical (unpaired) electrons. The standard InChI is InChI=1S/C22H23N3O/c1-17-7-9-19(10-8-17)14-25-22(26)20-13-21(16-23-15-20)24-12-11-18-5-3-2-4-6-18/h2-10,13,15-16,24H,11-12,14H2,1H3,(H,25,26). The van der Waals surface area contributed by atoms with Gasteiger partial charge in [0.15, 0.2) is 0 Å². The number of carbonyl (C=O) groups is 1. The van der Waals surface area contributed by atoms with Crippen LogP contribution in [0.5, 0.6) is 0 Å². The predicted octanol–water partition coefficient (Wildman–Crippen LogP) is 3.97. The molecule has 0 aliphatic carbocycles. The molecule has 2 aromatic carbocycles. The number of carbonyl (C=O) groups excluding carboxylic acids is 1. The zero-order valence-electron chi connectivity index (χ0n) is 14.9. The molecule has 132 valence electrons. The number of aromatic nitrogens is 1. The second-order valence-corrected chi connectivity index (χ2v) is 6.29. The fourth-order valence-electron chi connectivity index (χ4n) is 2.65. The highest BCUT2D eigenvalue weighted by Gasteiger charge is 2.07. The first-order chi connectivity index (χ1) is 12.7. The van der Waals surface area contributed by atoms with Gasteiger partial charge in [-0.25, -0.2) is 0 Å². The number of nitrogens with one attached hydrogen (secondary N) is 2. The minimum Gasteiger partial charge on any atom is -0.383 e. The van der Waals surface area contributed by atoms with Crippen LogP contribution in [0, 0.1) is 6.92 Å². The van der Waals surface area contributed by atoms with Gasteiger partial charge >= 0.3 is 0 Å². The molecule has 4 nitrogen and oxygen atoms in total. The lowest BCUT2D eigenvalue weighted by Gasteiger charge is -2.09. The molecule has 0 fully saturated rings. The van der Waals surface area contributed by atoms with Gasteiger partial charge in [-0.2, -0.15) is 0 Å². The minimum absolute atomic E-state index is 0.121. The fraction of sp³-hybridized carbons (Fsp3) is 0.182. The highest BCUT2D eigenvalue weighted by molar-refractivity contribution is 5.94. The molecule has 26 heavy (non-hydrogen) atoms. The Hall–Kier alpha value is -3.14. The van der Waals surface area contributed by atoms with E-state index in [9.17, 15) is 4.79 Å². The summed E-state index contributed by atoms with van der Waals surface area (Å²) in [6.07, 6.45) is 4.25. The van der Waals surface area contributed by atoms with Crippen LogP contribution < -0.4 is 10.6 Å². The van der Waals surface area contributed by atoms with E-state index >= 15 is 0 Å². The third-order valence-corrected chi connectivity index (χ3v) is 4.16. The summed E-state index contributed by atoms with van der Waals surface area (Å²) in [6, 6.07) is 20.3. The molecule has 0 saturated carbocycles. The smallest absolute Gasteiger partial charge is 0.253 e. The van der Waals surface area contributed by atoms with Gasteiger partial charge in [-0.15, -0.1) is 0 Å². The lowest BCUT2D eigenvalue weighted by Crippen LogP contribution is -2.23. The van der Waals surface area contributed by atoms with Crippen molar-refractivity contribution in [3.05, 3.63) is 95.3 Å². The maximum absolute atomic E-state index is 12.4. The number of hydrogen-bond donors (Lipinski definition) is 2. The van der Waals surface area contributed by atoms with Crippen molar-refractivity contribution in [3.8, 4) is 0 Å². The molecule has 0 atom stereocenters. The summed E-state index contributed by atoms with van der Waals surface area (Å²) in [5.74, 6) is -0.121. The molecule has 4 heteroatoms. The Morgan fingerprint density at radius 2 is 1.73 bits per heavy atom. The Labute approximate surface area is 154 Å². The predicted molar refractivity (Wildman–Crippen MR) is 105 cm³/mol. The van der Waals surface area contributed by atoms with Crippen molar-refractivity contribution in [3.63, 3.8) is 0 Å². The molecule has 3 rings (SSSR count). The number of rotatable bonds is 7. The molecule has 0 aliphatic heterocycles. The normalized spacial score (nSPS) is 10.3. The molecular weight excluding hydrogens is 322 g/mol. The van der Waals surface area contributed by atoms with Crippen molar-refractivity contribution in [2.75, 3.05) is 11.9 Å². The van der Waals surface area contributed by atoms with Crippen LogP contribution >= 0.6 is 0 Å². The van der Waals surface area contributed by atoms with Gasteiger partial charge in [0, 0.05) is 25.5 Å². The summed E-state index contributed by atoms with van der Waals surface area (Å²) in [4.78, 5) is 16.5. The summed E-state index contributed by atoms with van der Waals surface area (Å²) in [5, 5.41) is 6.26. The van der Waals surface area contributed by atoms with Crippen molar-refractivity contribution in [1.82, 2.24) is 10.3 Å². The zero-order valence-corrected chi connectivity index (χ0v) is 14.9. The van der Waals surface area contributed by atoms with Gasteiger partial charge < -0.3 is 10.6 Å². The Kier molecular flexibility index (Phi) is 5.99. The van der Waals surface area contributed by atoms with E-state index in [-0.39, 0.29) is 5.91 Å². The van der Waals surface area contributed by atoms with Crippen LogP contribution in [-0.4, -0.2) is 17.4 Å². The molecule has 0 bridgehead atoms. The van der Waals surface area contributed by atoms with Gasteiger partial charge in [0.2, 0.25) is 0 Å². The van der Waals surface area contributed by atoms with E-state index in [4.69, 9.17) is 0 Å². The van der Waals surface area contributed by atoms with Crippen molar-refractivity contribution in [1.29, 1.82) is 0 Å². The van der Waals surface area contributed by atoms with Crippen molar-refractivity contribution in [2.24, 2.45) is 0 Å². The molecule has 2 N–H and O–H groups in total. The molecule has 0 aliphatic rings. The van der Waals surface area contributed by atoms with Gasteiger partial charge in [0.05, 0.1) is 11.3 Å². The first-order valence-electron chi connectivity index (χ1n) is 8.77. The molecule has 1 aromatic heterocycles. The fourth-order valence-corrected chi connectivity index (χ4v) is 2.65. The summed E-state index contributed by atoms with van der Waals surface area (Å²) in [6.45, 7) is 3.34. The van der Waals surface area contributed by atoms with Gasteiger partial charge in [-0.3, -0.25) is 9.78 Å². The lowest BCUT2D eigenvalue weighted by molar-refractivity contribution is 0.0950. The van der Waals surface area contributed by atoms with Crippen molar-refractivity contribution in [2.45, 2.75) is 19.9 Å². The average molecular weight is 345 g/mol. The summed E-state index contributed by atoms with van der Waals surface area (Å²) in [7, 11) is 0. The van der Waals surface area contributed by atoms with Crippen molar-refractivity contribution < 1.29 is 4.79 Å². The Morgan fingerprint density at radius 1 is 0.962 bits per heavy atom.